The second-order valence-corrected chi connectivity index (χ2v) is 6.20. The molecule has 16 heavy (non-hydrogen) atoms. The molecule has 0 bridgehead atoms. The number of benzene rings is 1. The van der Waals surface area contributed by atoms with Gasteiger partial charge in [-0.25, -0.2) is 0 Å². The van der Waals surface area contributed by atoms with Gasteiger partial charge in [-0.15, -0.1) is 0 Å². The lowest BCUT2D eigenvalue weighted by Crippen LogP contribution is -2.27. The van der Waals surface area contributed by atoms with Crippen LogP contribution >= 0.6 is 15.9 Å². The molecule has 90 valence electrons. The molecule has 1 aromatic rings. The highest BCUT2D eigenvalue weighted by atomic mass is 79.9. The average molecular weight is 286 g/mol. The molecule has 1 aromatic carbocycles. The second-order valence-electron chi connectivity index (χ2n) is 5.41. The Bertz CT molecular complexity index is 407. The van der Waals surface area contributed by atoms with Crippen LogP contribution in [0.2, 0.25) is 0 Å². The average Bonchev–Trinajstić information content (AvgIpc) is 2.13. The summed E-state index contributed by atoms with van der Waals surface area (Å²) < 4.78 is 1.03. The summed E-state index contributed by atoms with van der Waals surface area (Å²) in [5.74, 6) is 0.292. The maximum absolute atomic E-state index is 10.0. The Balaban J connectivity index is 3.40. The first-order chi connectivity index (χ1) is 7.16. The summed E-state index contributed by atoms with van der Waals surface area (Å²) in [6.07, 6.45) is 0. The molecule has 0 aromatic heterocycles. The summed E-state index contributed by atoms with van der Waals surface area (Å²) in [6.45, 7) is 10.2. The van der Waals surface area contributed by atoms with Gasteiger partial charge in [-0.1, -0.05) is 36.7 Å². The Morgan fingerprint density at radius 1 is 1.31 bits per heavy atom. The molecule has 0 radical (unpaired) electrons. The fraction of sp³-hybridized carbons (Fsp3) is 0.538. The zero-order valence-corrected chi connectivity index (χ0v) is 12.1. The van der Waals surface area contributed by atoms with Crippen molar-refractivity contribution in [3.8, 4) is 5.75 Å². The molecule has 0 unspecified atom stereocenters. The monoisotopic (exact) mass is 285 g/mol. The van der Waals surface area contributed by atoms with E-state index in [1.165, 1.54) is 0 Å². The van der Waals surface area contributed by atoms with Gasteiger partial charge >= 0.3 is 0 Å². The molecule has 0 amide bonds. The molecule has 0 fully saturated rings. The molecule has 0 aliphatic heterocycles. The van der Waals surface area contributed by atoms with E-state index < -0.39 is 0 Å². The molecular formula is C13H20BrNO. The largest absolute Gasteiger partial charge is 0.508 e. The van der Waals surface area contributed by atoms with Gasteiger partial charge in [0.2, 0.25) is 0 Å². The molecule has 3 N–H and O–H groups in total. The second kappa shape index (κ2) is 4.38. The number of nitrogens with two attached hydrogens (primary N) is 1. The van der Waals surface area contributed by atoms with Crippen molar-refractivity contribution >= 4 is 15.9 Å². The first kappa shape index (κ1) is 13.5. The standard InChI is InChI=1S/C13H20BrNO/c1-7-6-9(16)10(8(2)11(7)14)12(15)13(3,4)5/h6,12,16H,15H2,1-5H3/t12-/m0/s1. The molecule has 0 heterocycles. The van der Waals surface area contributed by atoms with Gasteiger partial charge in [-0.2, -0.15) is 0 Å². The summed E-state index contributed by atoms with van der Waals surface area (Å²) in [6, 6.07) is 1.59. The van der Waals surface area contributed by atoms with E-state index in [-0.39, 0.29) is 11.5 Å². The highest BCUT2D eigenvalue weighted by Gasteiger charge is 2.27. The van der Waals surface area contributed by atoms with Crippen LogP contribution in [-0.2, 0) is 0 Å². The van der Waals surface area contributed by atoms with Crippen LogP contribution in [0.1, 0.15) is 43.5 Å². The van der Waals surface area contributed by atoms with E-state index in [4.69, 9.17) is 5.73 Å². The van der Waals surface area contributed by atoms with Crippen LogP contribution in [0.4, 0.5) is 0 Å². The van der Waals surface area contributed by atoms with E-state index >= 15 is 0 Å². The van der Waals surface area contributed by atoms with Gasteiger partial charge in [0, 0.05) is 16.1 Å². The molecule has 0 aliphatic rings. The maximum Gasteiger partial charge on any atom is 0.120 e. The minimum Gasteiger partial charge on any atom is -0.508 e. The Morgan fingerprint density at radius 3 is 2.25 bits per heavy atom. The third kappa shape index (κ3) is 2.41. The van der Waals surface area contributed by atoms with E-state index in [0.717, 1.165) is 21.2 Å². The van der Waals surface area contributed by atoms with Gasteiger partial charge in [0.1, 0.15) is 5.75 Å². The Kier molecular flexibility index (Phi) is 3.70. The first-order valence-corrected chi connectivity index (χ1v) is 6.19. The van der Waals surface area contributed by atoms with Crippen molar-refractivity contribution in [2.45, 2.75) is 40.7 Å². The van der Waals surface area contributed by atoms with Crippen LogP contribution in [0, 0.1) is 19.3 Å². The van der Waals surface area contributed by atoms with Crippen LogP contribution in [0.25, 0.3) is 0 Å². The number of halogens is 1. The van der Waals surface area contributed by atoms with Gasteiger partial charge in [0.25, 0.3) is 0 Å². The molecule has 1 atom stereocenters. The first-order valence-electron chi connectivity index (χ1n) is 5.40. The number of aromatic hydroxyl groups is 1. The van der Waals surface area contributed by atoms with Crippen LogP contribution in [-0.4, -0.2) is 5.11 Å². The van der Waals surface area contributed by atoms with Gasteiger partial charge in [0.15, 0.2) is 0 Å². The number of hydrogen-bond donors (Lipinski definition) is 2. The highest BCUT2D eigenvalue weighted by Crippen LogP contribution is 2.40. The fourth-order valence-corrected chi connectivity index (χ4v) is 2.11. The lowest BCUT2D eigenvalue weighted by atomic mass is 9.81. The van der Waals surface area contributed by atoms with E-state index in [1.54, 1.807) is 6.07 Å². The number of hydrogen-bond acceptors (Lipinski definition) is 2. The molecule has 0 saturated carbocycles. The molecule has 3 heteroatoms. The van der Waals surface area contributed by atoms with Crippen molar-refractivity contribution < 1.29 is 5.11 Å². The maximum atomic E-state index is 10.0. The van der Waals surface area contributed by atoms with Crippen molar-refractivity contribution in [1.29, 1.82) is 0 Å². The Morgan fingerprint density at radius 2 is 1.81 bits per heavy atom. The van der Waals surface area contributed by atoms with Gasteiger partial charge < -0.3 is 10.8 Å². The minimum absolute atomic E-state index is 0.0725. The van der Waals surface area contributed by atoms with E-state index in [9.17, 15) is 5.11 Å². The summed E-state index contributed by atoms with van der Waals surface area (Å²) in [4.78, 5) is 0. The van der Waals surface area contributed by atoms with Gasteiger partial charge in [-0.05, 0) is 36.5 Å². The molecule has 2 nitrogen and oxygen atoms in total. The summed E-state index contributed by atoms with van der Waals surface area (Å²) in [5.41, 5.74) is 9.03. The number of rotatable bonds is 1. The zero-order valence-electron chi connectivity index (χ0n) is 10.6. The topological polar surface area (TPSA) is 46.2 Å². The van der Waals surface area contributed by atoms with E-state index in [1.807, 2.05) is 13.8 Å². The summed E-state index contributed by atoms with van der Waals surface area (Å²) in [5, 5.41) is 10.0. The Hall–Kier alpha value is -0.540. The predicted molar refractivity (Wildman–Crippen MR) is 71.7 cm³/mol. The molecule has 0 spiro atoms. The quantitative estimate of drug-likeness (QED) is 0.824. The SMILES string of the molecule is Cc1cc(O)c([C@H](N)C(C)(C)C)c(C)c1Br. The number of phenolic OH excluding ortho intramolecular Hbond substituents is 1. The Labute approximate surface area is 106 Å². The highest BCUT2D eigenvalue weighted by molar-refractivity contribution is 9.10. The van der Waals surface area contributed by atoms with Crippen LogP contribution in [0.15, 0.2) is 10.5 Å². The van der Waals surface area contributed by atoms with E-state index in [2.05, 4.69) is 36.7 Å². The van der Waals surface area contributed by atoms with Crippen LogP contribution < -0.4 is 5.73 Å². The summed E-state index contributed by atoms with van der Waals surface area (Å²) >= 11 is 3.53. The third-order valence-corrected chi connectivity index (χ3v) is 4.17. The van der Waals surface area contributed by atoms with E-state index in [0.29, 0.717) is 5.75 Å². The lowest BCUT2D eigenvalue weighted by molar-refractivity contribution is 0.316. The normalized spacial score (nSPS) is 13.9. The van der Waals surface area contributed by atoms with Crippen molar-refractivity contribution in [2.24, 2.45) is 11.1 Å². The van der Waals surface area contributed by atoms with Gasteiger partial charge in [-0.3, -0.25) is 0 Å². The fourth-order valence-electron chi connectivity index (χ4n) is 1.78. The lowest BCUT2D eigenvalue weighted by Gasteiger charge is -2.30. The molecule has 0 saturated heterocycles. The van der Waals surface area contributed by atoms with Crippen molar-refractivity contribution in [2.75, 3.05) is 0 Å². The molecule has 1 rings (SSSR count). The van der Waals surface area contributed by atoms with Crippen LogP contribution in [0.3, 0.4) is 0 Å². The predicted octanol–water partition coefficient (Wildman–Crippen LogP) is 3.82. The van der Waals surface area contributed by atoms with Crippen molar-refractivity contribution in [1.82, 2.24) is 0 Å². The van der Waals surface area contributed by atoms with Crippen molar-refractivity contribution in [3.63, 3.8) is 0 Å². The summed E-state index contributed by atoms with van der Waals surface area (Å²) in [7, 11) is 0. The van der Waals surface area contributed by atoms with Gasteiger partial charge in [0.05, 0.1) is 0 Å². The minimum atomic E-state index is -0.176. The van der Waals surface area contributed by atoms with Crippen LogP contribution in [0.5, 0.6) is 5.75 Å². The van der Waals surface area contributed by atoms with Crippen molar-refractivity contribution in [3.05, 3.63) is 27.2 Å². The zero-order chi connectivity index (χ0) is 12.7. The number of phenols is 1. The molecule has 0 aliphatic carbocycles. The number of aryl methyl sites for hydroxylation is 1. The smallest absolute Gasteiger partial charge is 0.120 e. The molecular weight excluding hydrogens is 266 g/mol. The third-order valence-electron chi connectivity index (χ3n) is 2.95.